The predicted molar refractivity (Wildman–Crippen MR) is 117 cm³/mol. The number of anilines is 1. The fraction of sp³-hybridized carbons (Fsp3) is 0.280. The second kappa shape index (κ2) is 9.12. The summed E-state index contributed by atoms with van der Waals surface area (Å²) in [6.07, 6.45) is -2.79. The Bertz CT molecular complexity index is 1120. The average Bonchev–Trinajstić information content (AvgIpc) is 2.79. The summed E-state index contributed by atoms with van der Waals surface area (Å²) < 4.78 is 44.3. The van der Waals surface area contributed by atoms with Crippen molar-refractivity contribution in [2.45, 2.75) is 19.5 Å². The van der Waals surface area contributed by atoms with Crippen molar-refractivity contribution in [1.29, 1.82) is 0 Å². The lowest BCUT2D eigenvalue weighted by molar-refractivity contribution is -0.137. The van der Waals surface area contributed by atoms with Crippen molar-refractivity contribution in [2.24, 2.45) is 0 Å². The maximum atomic E-state index is 13.0. The molecule has 0 spiro atoms. The number of alkyl halides is 3. The monoisotopic (exact) mass is 440 g/mol. The van der Waals surface area contributed by atoms with Crippen molar-refractivity contribution in [3.8, 4) is 11.3 Å². The van der Waals surface area contributed by atoms with Crippen LogP contribution in [0.2, 0.25) is 0 Å². The number of ketones is 1. The number of carbonyl (C=O) groups excluding carboxylic acids is 1. The first-order chi connectivity index (χ1) is 15.3. The molecule has 1 aromatic heterocycles. The average molecular weight is 440 g/mol. The number of nitrogens with zero attached hydrogens (tertiary/aromatic N) is 2. The van der Waals surface area contributed by atoms with Crippen molar-refractivity contribution in [3.05, 3.63) is 83.0 Å². The molecule has 2 heterocycles. The van der Waals surface area contributed by atoms with Crippen molar-refractivity contribution in [1.82, 2.24) is 4.98 Å². The van der Waals surface area contributed by atoms with Crippen LogP contribution in [-0.4, -0.2) is 37.1 Å². The minimum Gasteiger partial charge on any atom is -0.378 e. The number of hydrogen-bond acceptors (Lipinski definition) is 4. The van der Waals surface area contributed by atoms with Crippen LogP contribution in [0.5, 0.6) is 0 Å². The van der Waals surface area contributed by atoms with Gasteiger partial charge in [-0.25, -0.2) is 0 Å². The lowest BCUT2D eigenvalue weighted by atomic mass is 9.96. The number of pyridine rings is 1. The second-order valence-electron chi connectivity index (χ2n) is 7.83. The molecule has 1 aliphatic heterocycles. The van der Waals surface area contributed by atoms with Gasteiger partial charge < -0.3 is 9.64 Å². The van der Waals surface area contributed by atoms with Crippen LogP contribution >= 0.6 is 0 Å². The van der Waals surface area contributed by atoms with Crippen LogP contribution in [0.15, 0.2) is 60.8 Å². The maximum absolute atomic E-state index is 13.0. The number of aryl methyl sites for hydroxylation is 1. The molecule has 4 rings (SSSR count). The van der Waals surface area contributed by atoms with Gasteiger partial charge in [-0.2, -0.15) is 13.2 Å². The minimum absolute atomic E-state index is 0.104. The fourth-order valence-corrected chi connectivity index (χ4v) is 3.80. The Morgan fingerprint density at radius 1 is 1.06 bits per heavy atom. The van der Waals surface area contributed by atoms with Gasteiger partial charge in [-0.1, -0.05) is 30.3 Å². The van der Waals surface area contributed by atoms with E-state index in [1.54, 1.807) is 18.3 Å². The molecule has 1 saturated heterocycles. The van der Waals surface area contributed by atoms with Crippen molar-refractivity contribution in [3.63, 3.8) is 0 Å². The highest BCUT2D eigenvalue weighted by Crippen LogP contribution is 2.30. The zero-order valence-electron chi connectivity index (χ0n) is 17.7. The topological polar surface area (TPSA) is 42.4 Å². The molecule has 3 aromatic rings. The van der Waals surface area contributed by atoms with Crippen LogP contribution in [0, 0.1) is 6.92 Å². The third-order valence-electron chi connectivity index (χ3n) is 5.57. The Labute approximate surface area is 184 Å². The Kier molecular flexibility index (Phi) is 6.28. The normalized spacial score (nSPS) is 14.4. The highest BCUT2D eigenvalue weighted by molar-refractivity contribution is 5.98. The van der Waals surface area contributed by atoms with Gasteiger partial charge in [-0.3, -0.25) is 9.78 Å². The quantitative estimate of drug-likeness (QED) is 0.503. The zero-order valence-corrected chi connectivity index (χ0v) is 17.7. The van der Waals surface area contributed by atoms with Gasteiger partial charge in [0.25, 0.3) is 0 Å². The number of aromatic nitrogens is 1. The number of benzene rings is 2. The van der Waals surface area contributed by atoms with Crippen LogP contribution in [0.25, 0.3) is 11.3 Å². The Morgan fingerprint density at radius 2 is 1.84 bits per heavy atom. The first-order valence-electron chi connectivity index (χ1n) is 10.4. The first-order valence-corrected chi connectivity index (χ1v) is 10.4. The molecule has 32 heavy (non-hydrogen) atoms. The fourth-order valence-electron chi connectivity index (χ4n) is 3.80. The summed E-state index contributed by atoms with van der Waals surface area (Å²) in [5.41, 5.74) is 3.61. The van der Waals surface area contributed by atoms with Gasteiger partial charge in [0, 0.05) is 42.5 Å². The zero-order chi connectivity index (χ0) is 22.7. The Hall–Kier alpha value is -3.19. The summed E-state index contributed by atoms with van der Waals surface area (Å²) in [7, 11) is 0. The van der Waals surface area contributed by atoms with Gasteiger partial charge >= 0.3 is 6.18 Å². The summed E-state index contributed by atoms with van der Waals surface area (Å²) >= 11 is 0. The Balaban J connectivity index is 1.59. The van der Waals surface area contributed by atoms with Crippen LogP contribution in [0.3, 0.4) is 0 Å². The highest BCUT2D eigenvalue weighted by Gasteiger charge is 2.30. The van der Waals surface area contributed by atoms with E-state index >= 15 is 0 Å². The van der Waals surface area contributed by atoms with E-state index in [9.17, 15) is 18.0 Å². The highest BCUT2D eigenvalue weighted by atomic mass is 19.4. The number of rotatable bonds is 5. The number of morpholine rings is 1. The van der Waals surface area contributed by atoms with E-state index in [1.807, 2.05) is 25.1 Å². The minimum atomic E-state index is -4.44. The van der Waals surface area contributed by atoms with E-state index < -0.39 is 11.7 Å². The second-order valence-corrected chi connectivity index (χ2v) is 7.83. The summed E-state index contributed by atoms with van der Waals surface area (Å²) in [5, 5.41) is 0. The lowest BCUT2D eigenvalue weighted by Gasteiger charge is -2.29. The molecule has 0 atom stereocenters. The van der Waals surface area contributed by atoms with Gasteiger partial charge in [0.05, 0.1) is 24.5 Å². The van der Waals surface area contributed by atoms with E-state index in [1.165, 1.54) is 12.1 Å². The molecule has 0 unspecified atom stereocenters. The van der Waals surface area contributed by atoms with Crippen LogP contribution in [0.4, 0.5) is 18.9 Å². The molecule has 4 nitrogen and oxygen atoms in total. The number of hydrogen-bond donors (Lipinski definition) is 0. The summed E-state index contributed by atoms with van der Waals surface area (Å²) in [6, 6.07) is 14.2. The lowest BCUT2D eigenvalue weighted by Crippen LogP contribution is -2.36. The molecule has 0 saturated carbocycles. The maximum Gasteiger partial charge on any atom is 0.416 e. The standard InChI is InChI=1S/C25H23F3N2O2/c1-17-5-6-19(24(31)14-18-3-2-4-20(13-18)25(26,27)28)15-22(17)23-16-21(7-8-29-23)30-9-11-32-12-10-30/h2-8,13,15-16H,9-12,14H2,1H3. The van der Waals surface area contributed by atoms with Crippen molar-refractivity contribution >= 4 is 11.5 Å². The predicted octanol–water partition coefficient (Wildman–Crippen LogP) is 5.34. The number of carbonyl (C=O) groups is 1. The third-order valence-corrected chi connectivity index (χ3v) is 5.57. The van der Waals surface area contributed by atoms with E-state index in [4.69, 9.17) is 4.74 Å². The van der Waals surface area contributed by atoms with Gasteiger partial charge in [0.1, 0.15) is 0 Å². The number of ether oxygens (including phenoxy) is 1. The van der Waals surface area contributed by atoms with Gasteiger partial charge in [-0.05, 0) is 42.3 Å². The molecule has 0 bridgehead atoms. The molecule has 0 N–H and O–H groups in total. The molecule has 2 aromatic carbocycles. The smallest absolute Gasteiger partial charge is 0.378 e. The number of halogens is 3. The van der Waals surface area contributed by atoms with Gasteiger partial charge in [-0.15, -0.1) is 0 Å². The summed E-state index contributed by atoms with van der Waals surface area (Å²) in [5.74, 6) is -0.241. The largest absolute Gasteiger partial charge is 0.416 e. The molecule has 0 radical (unpaired) electrons. The molecular formula is C25H23F3N2O2. The summed E-state index contributed by atoms with van der Waals surface area (Å²) in [4.78, 5) is 19.6. The number of Topliss-reactive ketones (excluding diaryl/α,β-unsaturated/α-hetero) is 1. The van der Waals surface area contributed by atoms with E-state index in [0.29, 0.717) is 24.3 Å². The Morgan fingerprint density at radius 3 is 2.59 bits per heavy atom. The first kappa shape index (κ1) is 22.0. The third kappa shape index (κ3) is 4.99. The van der Waals surface area contributed by atoms with Gasteiger partial charge in [0.2, 0.25) is 0 Å². The van der Waals surface area contributed by atoms with Crippen LogP contribution in [0.1, 0.15) is 27.0 Å². The molecule has 166 valence electrons. The molecule has 1 aliphatic rings. The SMILES string of the molecule is Cc1ccc(C(=O)Cc2cccc(C(F)(F)F)c2)cc1-c1cc(N2CCOCC2)ccn1. The molecule has 0 amide bonds. The molecular weight excluding hydrogens is 417 g/mol. The summed E-state index contributed by atoms with van der Waals surface area (Å²) in [6.45, 7) is 4.90. The van der Waals surface area contributed by atoms with E-state index in [0.717, 1.165) is 47.7 Å². The molecule has 7 heteroatoms. The van der Waals surface area contributed by atoms with Crippen molar-refractivity contribution in [2.75, 3.05) is 31.2 Å². The van der Waals surface area contributed by atoms with E-state index in [2.05, 4.69) is 9.88 Å². The van der Waals surface area contributed by atoms with Crippen molar-refractivity contribution < 1.29 is 22.7 Å². The van der Waals surface area contributed by atoms with Crippen LogP contribution in [-0.2, 0) is 17.3 Å². The van der Waals surface area contributed by atoms with Gasteiger partial charge in [0.15, 0.2) is 5.78 Å². The molecule has 0 aliphatic carbocycles. The van der Waals surface area contributed by atoms with Crippen LogP contribution < -0.4 is 4.90 Å². The molecule has 1 fully saturated rings. The van der Waals surface area contributed by atoms with E-state index in [-0.39, 0.29) is 12.2 Å².